The molecule has 1 N–H and O–H groups in total. The number of aromatic amines is 1. The Kier molecular flexibility index (Phi) is 2.91. The van der Waals surface area contributed by atoms with E-state index >= 15 is 0 Å². The first-order chi connectivity index (χ1) is 8.13. The zero-order chi connectivity index (χ0) is 12.4. The number of rotatable bonds is 2. The summed E-state index contributed by atoms with van der Waals surface area (Å²) >= 11 is 0. The second-order valence-electron chi connectivity index (χ2n) is 3.44. The molecule has 17 heavy (non-hydrogen) atoms. The average Bonchev–Trinajstić information content (AvgIpc) is 2.30. The molecule has 4 nitrogen and oxygen atoms in total. The zero-order valence-electron chi connectivity index (χ0n) is 9.12. The Labute approximate surface area is 96.0 Å². The molecule has 0 spiro atoms. The van der Waals surface area contributed by atoms with Gasteiger partial charge < -0.3 is 9.72 Å². The maximum Gasteiger partial charge on any atom is 0.343 e. The molecule has 1 aromatic carbocycles. The summed E-state index contributed by atoms with van der Waals surface area (Å²) in [7, 11) is 0. The average molecular weight is 235 g/mol. The normalized spacial score (nSPS) is 10.5. The first kappa shape index (κ1) is 11.3. The fourth-order valence-corrected chi connectivity index (χ4v) is 1.55. The predicted octanol–water partition coefficient (Wildman–Crippen LogP) is 1.84. The van der Waals surface area contributed by atoms with E-state index in [9.17, 15) is 14.0 Å². The van der Waals surface area contributed by atoms with E-state index in [0.717, 1.165) is 6.07 Å². The van der Waals surface area contributed by atoms with Crippen molar-refractivity contribution >= 4 is 16.9 Å². The summed E-state index contributed by atoms with van der Waals surface area (Å²) in [5.41, 5.74) is -0.175. The van der Waals surface area contributed by atoms with Crippen LogP contribution in [-0.4, -0.2) is 17.6 Å². The van der Waals surface area contributed by atoms with Crippen molar-refractivity contribution < 1.29 is 13.9 Å². The van der Waals surface area contributed by atoms with Gasteiger partial charge in [0.05, 0.1) is 6.61 Å². The molecule has 0 bridgehead atoms. The van der Waals surface area contributed by atoms with Crippen LogP contribution in [0, 0.1) is 5.82 Å². The number of fused-ring (bicyclic) bond motifs is 1. The smallest absolute Gasteiger partial charge is 0.343 e. The molecule has 2 aromatic rings. The molecule has 1 aromatic heterocycles. The lowest BCUT2D eigenvalue weighted by molar-refractivity contribution is 0.0524. The largest absolute Gasteiger partial charge is 0.462 e. The number of ether oxygens (including phenoxy) is 1. The van der Waals surface area contributed by atoms with Crippen molar-refractivity contribution in [2.75, 3.05) is 6.61 Å². The van der Waals surface area contributed by atoms with Crippen LogP contribution in [0.5, 0.6) is 0 Å². The van der Waals surface area contributed by atoms with Crippen LogP contribution >= 0.6 is 0 Å². The van der Waals surface area contributed by atoms with E-state index in [4.69, 9.17) is 4.74 Å². The fourth-order valence-electron chi connectivity index (χ4n) is 1.55. The van der Waals surface area contributed by atoms with Gasteiger partial charge in [0, 0.05) is 17.1 Å². The van der Waals surface area contributed by atoms with Gasteiger partial charge in [-0.15, -0.1) is 0 Å². The summed E-state index contributed by atoms with van der Waals surface area (Å²) in [6.45, 7) is 1.83. The Bertz CT molecular complexity index is 633. The van der Waals surface area contributed by atoms with Gasteiger partial charge in [0.1, 0.15) is 11.4 Å². The molecule has 1 heterocycles. The molecule has 0 radical (unpaired) electrons. The number of hydrogen-bond acceptors (Lipinski definition) is 3. The quantitative estimate of drug-likeness (QED) is 0.808. The number of H-pyrrole nitrogens is 1. The Balaban J connectivity index is 2.65. The number of halogens is 1. The van der Waals surface area contributed by atoms with Crippen LogP contribution < -0.4 is 5.43 Å². The molecular formula is C12H10FNO3. The first-order valence-electron chi connectivity index (χ1n) is 5.11. The molecule has 5 heteroatoms. The second kappa shape index (κ2) is 4.37. The Morgan fingerprint density at radius 2 is 2.24 bits per heavy atom. The molecule has 0 unspecified atom stereocenters. The number of carbonyl (C=O) groups excluding carboxylic acids is 1. The SMILES string of the molecule is CCOC(=O)c1c[nH]c2ccc(F)cc2c1=O. The maximum absolute atomic E-state index is 13.0. The van der Waals surface area contributed by atoms with Crippen LogP contribution in [0.3, 0.4) is 0 Å². The van der Waals surface area contributed by atoms with Gasteiger partial charge in [0.15, 0.2) is 0 Å². The summed E-state index contributed by atoms with van der Waals surface area (Å²) in [6.07, 6.45) is 1.28. The van der Waals surface area contributed by atoms with E-state index in [0.29, 0.717) is 5.52 Å². The lowest BCUT2D eigenvalue weighted by atomic mass is 10.1. The lowest BCUT2D eigenvalue weighted by Gasteiger charge is -2.03. The van der Waals surface area contributed by atoms with Crippen molar-refractivity contribution in [3.8, 4) is 0 Å². The summed E-state index contributed by atoms with van der Waals surface area (Å²) in [5.74, 6) is -1.23. The minimum absolute atomic E-state index is 0.120. The number of carbonyl (C=O) groups is 1. The molecule has 0 amide bonds. The van der Waals surface area contributed by atoms with Crippen LogP contribution in [0.25, 0.3) is 10.9 Å². The Hall–Kier alpha value is -2.17. The standard InChI is InChI=1S/C12H10FNO3/c1-2-17-12(16)9-6-14-10-4-3-7(13)5-8(10)11(9)15/h3-6H,2H2,1H3,(H,14,15). The molecule has 88 valence electrons. The van der Waals surface area contributed by atoms with Crippen LogP contribution in [0.4, 0.5) is 4.39 Å². The minimum atomic E-state index is -0.708. The van der Waals surface area contributed by atoms with Gasteiger partial charge in [-0.25, -0.2) is 9.18 Å². The summed E-state index contributed by atoms with van der Waals surface area (Å²) in [6, 6.07) is 3.78. The van der Waals surface area contributed by atoms with Crippen molar-refractivity contribution in [2.45, 2.75) is 6.92 Å². The fraction of sp³-hybridized carbons (Fsp3) is 0.167. The minimum Gasteiger partial charge on any atom is -0.462 e. The van der Waals surface area contributed by atoms with Gasteiger partial charge in [-0.1, -0.05) is 0 Å². The van der Waals surface area contributed by atoms with Gasteiger partial charge in [-0.2, -0.15) is 0 Å². The number of esters is 1. The van der Waals surface area contributed by atoms with E-state index in [1.54, 1.807) is 6.92 Å². The topological polar surface area (TPSA) is 59.2 Å². The molecule has 0 aliphatic carbocycles. The molecule has 0 fully saturated rings. The molecule has 2 rings (SSSR count). The van der Waals surface area contributed by atoms with Gasteiger partial charge in [-0.3, -0.25) is 4.79 Å². The summed E-state index contributed by atoms with van der Waals surface area (Å²) in [5, 5.41) is 0.135. The number of nitrogens with one attached hydrogen (secondary N) is 1. The highest BCUT2D eigenvalue weighted by atomic mass is 19.1. The maximum atomic E-state index is 13.0. The third kappa shape index (κ3) is 2.04. The number of hydrogen-bond donors (Lipinski definition) is 1. The summed E-state index contributed by atoms with van der Waals surface area (Å²) < 4.78 is 17.8. The van der Waals surface area contributed by atoms with Gasteiger partial charge >= 0.3 is 5.97 Å². The van der Waals surface area contributed by atoms with Crippen molar-refractivity contribution in [1.82, 2.24) is 4.98 Å². The zero-order valence-corrected chi connectivity index (χ0v) is 9.12. The lowest BCUT2D eigenvalue weighted by Crippen LogP contribution is -2.18. The first-order valence-corrected chi connectivity index (χ1v) is 5.11. The van der Waals surface area contributed by atoms with Crippen molar-refractivity contribution in [3.05, 3.63) is 46.0 Å². The van der Waals surface area contributed by atoms with Gasteiger partial charge in [0.2, 0.25) is 5.43 Å². The highest BCUT2D eigenvalue weighted by Crippen LogP contribution is 2.10. The molecule has 0 saturated carbocycles. The third-order valence-electron chi connectivity index (χ3n) is 2.34. The third-order valence-corrected chi connectivity index (χ3v) is 2.34. The van der Waals surface area contributed by atoms with Crippen molar-refractivity contribution in [2.24, 2.45) is 0 Å². The van der Waals surface area contributed by atoms with Crippen LogP contribution in [0.15, 0.2) is 29.2 Å². The molecule has 0 aliphatic rings. The molecule has 0 aliphatic heterocycles. The second-order valence-corrected chi connectivity index (χ2v) is 3.44. The van der Waals surface area contributed by atoms with E-state index in [1.807, 2.05) is 0 Å². The molecule has 0 saturated heterocycles. The summed E-state index contributed by atoms with van der Waals surface area (Å²) in [4.78, 5) is 26.1. The Morgan fingerprint density at radius 1 is 1.47 bits per heavy atom. The van der Waals surface area contributed by atoms with Crippen LogP contribution in [0.2, 0.25) is 0 Å². The van der Waals surface area contributed by atoms with E-state index in [2.05, 4.69) is 4.98 Å². The Morgan fingerprint density at radius 3 is 2.94 bits per heavy atom. The van der Waals surface area contributed by atoms with E-state index in [-0.39, 0.29) is 17.6 Å². The van der Waals surface area contributed by atoms with Gasteiger partial charge in [-0.05, 0) is 25.1 Å². The van der Waals surface area contributed by atoms with Crippen LogP contribution in [-0.2, 0) is 4.74 Å². The van der Waals surface area contributed by atoms with E-state index < -0.39 is 17.2 Å². The van der Waals surface area contributed by atoms with Crippen molar-refractivity contribution in [3.63, 3.8) is 0 Å². The molecular weight excluding hydrogens is 225 g/mol. The highest BCUT2D eigenvalue weighted by molar-refractivity contribution is 5.93. The number of pyridine rings is 1. The van der Waals surface area contributed by atoms with Gasteiger partial charge in [0.25, 0.3) is 0 Å². The van der Waals surface area contributed by atoms with Crippen LogP contribution in [0.1, 0.15) is 17.3 Å². The predicted molar refractivity (Wildman–Crippen MR) is 60.5 cm³/mol. The van der Waals surface area contributed by atoms with E-state index in [1.165, 1.54) is 18.3 Å². The number of aromatic nitrogens is 1. The highest BCUT2D eigenvalue weighted by Gasteiger charge is 2.13. The van der Waals surface area contributed by atoms with Crippen molar-refractivity contribution in [1.29, 1.82) is 0 Å². The monoisotopic (exact) mass is 235 g/mol. The number of benzene rings is 1. The molecule has 0 atom stereocenters.